The van der Waals surface area contributed by atoms with Crippen LogP contribution in [0.5, 0.6) is 0 Å². The fourth-order valence-corrected chi connectivity index (χ4v) is 4.84. The van der Waals surface area contributed by atoms with Gasteiger partial charge in [0, 0.05) is 12.1 Å². The molecule has 23 heavy (non-hydrogen) atoms. The Balaban J connectivity index is 1.84. The Labute approximate surface area is 136 Å². The Kier molecular flexibility index (Phi) is 2.82. The maximum absolute atomic E-state index is 11.7. The van der Waals surface area contributed by atoms with Crippen molar-refractivity contribution in [2.24, 2.45) is 0 Å². The molecule has 0 amide bonds. The lowest BCUT2D eigenvalue weighted by atomic mass is 9.77. The van der Waals surface area contributed by atoms with Crippen LogP contribution in [0.25, 0.3) is 21.5 Å². The Morgan fingerprint density at radius 1 is 0.826 bits per heavy atom. The van der Waals surface area contributed by atoms with E-state index in [0.717, 1.165) is 18.4 Å². The first-order chi connectivity index (χ1) is 11.2. The van der Waals surface area contributed by atoms with Crippen LogP contribution < -0.4 is 5.32 Å². The number of piperidine rings is 1. The summed E-state index contributed by atoms with van der Waals surface area (Å²) in [5, 5.41) is 20.2. The standard InChI is InChI=1S/C21H21NO/c23-21(12-16-9-10-17(13-21)22-16)20-18-7-3-1-5-14(18)11-15-6-2-4-8-19(15)20/h1-8,11,16-17,22-23H,9-10,12-13H2. The molecular formula is C21H21NO. The highest BCUT2D eigenvalue weighted by atomic mass is 16.3. The van der Waals surface area contributed by atoms with Gasteiger partial charge in [-0.05, 0) is 58.9 Å². The summed E-state index contributed by atoms with van der Waals surface area (Å²) in [6, 6.07) is 20.1. The molecule has 5 rings (SSSR count). The van der Waals surface area contributed by atoms with E-state index < -0.39 is 5.60 Å². The minimum atomic E-state index is -0.725. The van der Waals surface area contributed by atoms with Crippen molar-refractivity contribution in [2.75, 3.05) is 0 Å². The largest absolute Gasteiger partial charge is 0.385 e. The molecule has 0 aliphatic carbocycles. The molecule has 2 N–H and O–H groups in total. The molecular weight excluding hydrogens is 282 g/mol. The SMILES string of the molecule is OC1(c2c3ccccc3cc3ccccc23)CC2CCC(C1)N2. The van der Waals surface area contributed by atoms with Gasteiger partial charge in [0.15, 0.2) is 0 Å². The topological polar surface area (TPSA) is 32.3 Å². The second kappa shape index (κ2) is 4.80. The highest BCUT2D eigenvalue weighted by molar-refractivity contribution is 6.03. The molecule has 0 saturated carbocycles. The summed E-state index contributed by atoms with van der Waals surface area (Å²) in [5.41, 5.74) is 0.418. The van der Waals surface area contributed by atoms with Crippen molar-refractivity contribution < 1.29 is 5.11 Å². The van der Waals surface area contributed by atoms with Gasteiger partial charge in [-0.25, -0.2) is 0 Å². The fraction of sp³-hybridized carbons (Fsp3) is 0.333. The van der Waals surface area contributed by atoms with E-state index in [1.807, 2.05) is 0 Å². The number of rotatable bonds is 1. The summed E-state index contributed by atoms with van der Waals surface area (Å²) in [7, 11) is 0. The van der Waals surface area contributed by atoms with E-state index in [-0.39, 0.29) is 0 Å². The van der Waals surface area contributed by atoms with Gasteiger partial charge >= 0.3 is 0 Å². The predicted molar refractivity (Wildman–Crippen MR) is 94.5 cm³/mol. The van der Waals surface area contributed by atoms with E-state index in [0.29, 0.717) is 12.1 Å². The smallest absolute Gasteiger partial charge is 0.0938 e. The summed E-state index contributed by atoms with van der Waals surface area (Å²) < 4.78 is 0. The lowest BCUT2D eigenvalue weighted by Crippen LogP contribution is -2.46. The summed E-state index contributed by atoms with van der Waals surface area (Å²) in [5.74, 6) is 0. The lowest BCUT2D eigenvalue weighted by molar-refractivity contribution is -0.00880. The fourth-order valence-electron chi connectivity index (χ4n) is 4.84. The first kappa shape index (κ1) is 13.5. The van der Waals surface area contributed by atoms with Crippen molar-refractivity contribution in [3.63, 3.8) is 0 Å². The van der Waals surface area contributed by atoms with Crippen LogP contribution in [0.3, 0.4) is 0 Å². The molecule has 0 aromatic heterocycles. The molecule has 2 heterocycles. The van der Waals surface area contributed by atoms with Gasteiger partial charge in [0.2, 0.25) is 0 Å². The van der Waals surface area contributed by atoms with Gasteiger partial charge in [-0.1, -0.05) is 48.5 Å². The van der Waals surface area contributed by atoms with Gasteiger partial charge < -0.3 is 10.4 Å². The maximum Gasteiger partial charge on any atom is 0.0938 e. The molecule has 2 unspecified atom stereocenters. The first-order valence-corrected chi connectivity index (χ1v) is 8.62. The molecule has 116 valence electrons. The number of hydrogen-bond donors (Lipinski definition) is 2. The zero-order valence-electron chi connectivity index (χ0n) is 13.1. The van der Waals surface area contributed by atoms with E-state index in [1.54, 1.807) is 0 Å². The van der Waals surface area contributed by atoms with Crippen LogP contribution in [-0.2, 0) is 5.60 Å². The Morgan fingerprint density at radius 3 is 1.91 bits per heavy atom. The Bertz CT molecular complexity index is 835. The van der Waals surface area contributed by atoms with Crippen LogP contribution in [0.1, 0.15) is 31.2 Å². The molecule has 2 saturated heterocycles. The van der Waals surface area contributed by atoms with Crippen molar-refractivity contribution >= 4 is 21.5 Å². The zero-order chi connectivity index (χ0) is 15.4. The van der Waals surface area contributed by atoms with E-state index >= 15 is 0 Å². The second-order valence-electron chi connectivity index (χ2n) is 7.27. The highest BCUT2D eigenvalue weighted by Crippen LogP contribution is 2.45. The molecule has 2 nitrogen and oxygen atoms in total. The number of hydrogen-bond acceptors (Lipinski definition) is 2. The Hall–Kier alpha value is -1.90. The van der Waals surface area contributed by atoms with Crippen molar-refractivity contribution in [3.8, 4) is 0 Å². The minimum Gasteiger partial charge on any atom is -0.385 e. The van der Waals surface area contributed by atoms with Crippen LogP contribution >= 0.6 is 0 Å². The molecule has 3 aromatic rings. The van der Waals surface area contributed by atoms with Gasteiger partial charge in [-0.2, -0.15) is 0 Å². The van der Waals surface area contributed by atoms with Crippen molar-refractivity contribution in [3.05, 3.63) is 60.2 Å². The molecule has 2 aliphatic heterocycles. The van der Waals surface area contributed by atoms with Crippen molar-refractivity contribution in [1.29, 1.82) is 0 Å². The summed E-state index contributed by atoms with van der Waals surface area (Å²) >= 11 is 0. The second-order valence-corrected chi connectivity index (χ2v) is 7.27. The Morgan fingerprint density at radius 2 is 1.35 bits per heavy atom. The van der Waals surface area contributed by atoms with Gasteiger partial charge in [0.25, 0.3) is 0 Å². The molecule has 2 bridgehead atoms. The third kappa shape index (κ3) is 2.02. The van der Waals surface area contributed by atoms with Crippen LogP contribution in [0.2, 0.25) is 0 Å². The molecule has 0 radical (unpaired) electrons. The molecule has 2 aliphatic rings. The van der Waals surface area contributed by atoms with Crippen LogP contribution in [0.4, 0.5) is 0 Å². The third-order valence-corrected chi connectivity index (χ3v) is 5.74. The van der Waals surface area contributed by atoms with Crippen LogP contribution in [0, 0.1) is 0 Å². The zero-order valence-corrected chi connectivity index (χ0v) is 13.1. The lowest BCUT2D eigenvalue weighted by Gasteiger charge is -2.39. The molecule has 2 heteroatoms. The van der Waals surface area contributed by atoms with E-state index in [2.05, 4.69) is 59.9 Å². The van der Waals surface area contributed by atoms with Crippen LogP contribution in [-0.4, -0.2) is 17.2 Å². The predicted octanol–water partition coefficient (Wildman–Crippen LogP) is 4.10. The van der Waals surface area contributed by atoms with E-state index in [1.165, 1.54) is 34.4 Å². The minimum absolute atomic E-state index is 0.455. The highest BCUT2D eigenvalue weighted by Gasteiger charge is 2.44. The average molecular weight is 303 g/mol. The summed E-state index contributed by atoms with van der Waals surface area (Å²) in [6.45, 7) is 0. The number of fused-ring (bicyclic) bond motifs is 4. The van der Waals surface area contributed by atoms with E-state index in [4.69, 9.17) is 0 Å². The van der Waals surface area contributed by atoms with Gasteiger partial charge in [-0.15, -0.1) is 0 Å². The van der Waals surface area contributed by atoms with Crippen molar-refractivity contribution in [2.45, 2.75) is 43.4 Å². The van der Waals surface area contributed by atoms with Gasteiger partial charge in [0.05, 0.1) is 5.60 Å². The van der Waals surface area contributed by atoms with E-state index in [9.17, 15) is 5.11 Å². The van der Waals surface area contributed by atoms with Gasteiger partial charge in [0.1, 0.15) is 0 Å². The number of benzene rings is 3. The molecule has 2 fully saturated rings. The number of aliphatic hydroxyl groups is 1. The van der Waals surface area contributed by atoms with Crippen molar-refractivity contribution in [1.82, 2.24) is 5.32 Å². The molecule has 2 atom stereocenters. The number of nitrogens with one attached hydrogen (secondary N) is 1. The average Bonchev–Trinajstić information content (AvgIpc) is 2.91. The third-order valence-electron chi connectivity index (χ3n) is 5.74. The molecule has 0 spiro atoms. The quantitative estimate of drug-likeness (QED) is 0.664. The normalized spacial score (nSPS) is 30.1. The summed E-state index contributed by atoms with van der Waals surface area (Å²) in [4.78, 5) is 0. The molecule has 3 aromatic carbocycles. The van der Waals surface area contributed by atoms with Gasteiger partial charge in [-0.3, -0.25) is 0 Å². The monoisotopic (exact) mass is 303 g/mol. The summed E-state index contributed by atoms with van der Waals surface area (Å²) in [6.07, 6.45) is 4.02. The first-order valence-electron chi connectivity index (χ1n) is 8.62. The maximum atomic E-state index is 11.7. The van der Waals surface area contributed by atoms with Crippen LogP contribution in [0.15, 0.2) is 54.6 Å².